The zero-order valence-electron chi connectivity index (χ0n) is 19.2. The summed E-state index contributed by atoms with van der Waals surface area (Å²) in [5.41, 5.74) is 2.43. The molecule has 1 saturated heterocycles. The number of hydrogen-bond acceptors (Lipinski definition) is 6. The molecule has 0 N–H and O–H groups in total. The fraction of sp³-hybridized carbons (Fsp3) is 0.520. The van der Waals surface area contributed by atoms with Crippen molar-refractivity contribution in [2.75, 3.05) is 32.8 Å². The van der Waals surface area contributed by atoms with Crippen LogP contribution >= 0.6 is 0 Å². The first kappa shape index (κ1) is 21.2. The highest BCUT2D eigenvalue weighted by Gasteiger charge is 2.25. The smallest absolute Gasteiger partial charge is 0.261 e. The Morgan fingerprint density at radius 2 is 2.09 bits per heavy atom. The van der Waals surface area contributed by atoms with E-state index in [4.69, 9.17) is 9.15 Å². The molecule has 1 aliphatic heterocycles. The summed E-state index contributed by atoms with van der Waals surface area (Å²) in [5.74, 6) is 2.12. The quantitative estimate of drug-likeness (QED) is 0.565. The minimum Gasteiger partial charge on any atom is -0.477 e. The summed E-state index contributed by atoms with van der Waals surface area (Å²) < 4.78 is 13.8. The number of hydrogen-bond donors (Lipinski definition) is 0. The summed E-state index contributed by atoms with van der Waals surface area (Å²) in [7, 11) is 1.79. The molecule has 1 aliphatic carbocycles. The predicted molar refractivity (Wildman–Crippen MR) is 125 cm³/mol. The van der Waals surface area contributed by atoms with Gasteiger partial charge in [-0.1, -0.05) is 6.92 Å². The number of aromatic nitrogens is 2. The van der Waals surface area contributed by atoms with Gasteiger partial charge < -0.3 is 18.6 Å². The van der Waals surface area contributed by atoms with Crippen LogP contribution in [0.25, 0.3) is 22.1 Å². The first-order chi connectivity index (χ1) is 15.5. The van der Waals surface area contributed by atoms with Crippen LogP contribution in [-0.4, -0.2) is 58.2 Å². The van der Waals surface area contributed by atoms with E-state index in [0.29, 0.717) is 42.0 Å². The van der Waals surface area contributed by atoms with E-state index < -0.39 is 0 Å². The molecule has 5 rings (SSSR count). The van der Waals surface area contributed by atoms with Crippen molar-refractivity contribution >= 4 is 11.0 Å². The number of likely N-dealkylation sites (N-methyl/N-ethyl adjacent to an activating group) is 1. The van der Waals surface area contributed by atoms with Gasteiger partial charge in [-0.15, -0.1) is 0 Å². The Morgan fingerprint density at radius 1 is 1.25 bits per heavy atom. The van der Waals surface area contributed by atoms with Crippen LogP contribution < -0.4 is 10.3 Å². The molecule has 3 aromatic heterocycles. The molecular weight excluding hydrogens is 404 g/mol. The van der Waals surface area contributed by atoms with Gasteiger partial charge in [0.05, 0.1) is 18.5 Å². The summed E-state index contributed by atoms with van der Waals surface area (Å²) >= 11 is 0. The lowest BCUT2D eigenvalue weighted by atomic mass is 10.1. The minimum absolute atomic E-state index is 0.0399. The predicted octanol–water partition coefficient (Wildman–Crippen LogP) is 3.51. The molecule has 0 bridgehead atoms. The van der Waals surface area contributed by atoms with Crippen LogP contribution in [0, 0.1) is 5.92 Å². The number of furan rings is 1. The second-order valence-corrected chi connectivity index (χ2v) is 9.26. The van der Waals surface area contributed by atoms with E-state index in [0.717, 1.165) is 43.1 Å². The highest BCUT2D eigenvalue weighted by Crippen LogP contribution is 2.32. The topological polar surface area (TPSA) is 63.7 Å². The fourth-order valence-corrected chi connectivity index (χ4v) is 4.52. The lowest BCUT2D eigenvalue weighted by molar-refractivity contribution is 0.0761. The highest BCUT2D eigenvalue weighted by molar-refractivity contribution is 5.92. The Kier molecular flexibility index (Phi) is 5.78. The molecule has 7 nitrogen and oxygen atoms in total. The summed E-state index contributed by atoms with van der Waals surface area (Å²) in [4.78, 5) is 22.1. The highest BCUT2D eigenvalue weighted by atomic mass is 16.5. The van der Waals surface area contributed by atoms with E-state index in [1.54, 1.807) is 17.8 Å². The van der Waals surface area contributed by atoms with Crippen molar-refractivity contribution in [1.82, 2.24) is 19.4 Å². The van der Waals surface area contributed by atoms with E-state index >= 15 is 0 Å². The molecule has 1 saturated carbocycles. The second-order valence-electron chi connectivity index (χ2n) is 9.26. The van der Waals surface area contributed by atoms with Crippen molar-refractivity contribution in [1.29, 1.82) is 0 Å². The monoisotopic (exact) mass is 436 g/mol. The molecule has 3 aromatic rings. The van der Waals surface area contributed by atoms with Crippen molar-refractivity contribution in [3.8, 4) is 17.0 Å². The van der Waals surface area contributed by atoms with Crippen molar-refractivity contribution < 1.29 is 9.15 Å². The van der Waals surface area contributed by atoms with E-state index in [1.807, 2.05) is 24.4 Å². The average molecular weight is 437 g/mol. The zero-order valence-corrected chi connectivity index (χ0v) is 19.2. The molecule has 0 amide bonds. The van der Waals surface area contributed by atoms with E-state index in [-0.39, 0.29) is 5.56 Å². The van der Waals surface area contributed by atoms with Crippen molar-refractivity contribution in [2.45, 2.75) is 39.3 Å². The molecule has 32 heavy (non-hydrogen) atoms. The van der Waals surface area contributed by atoms with Crippen molar-refractivity contribution in [2.24, 2.45) is 13.0 Å². The molecule has 4 heterocycles. The SMILES string of the molecule is CCN1CCN(Cc2cc3c(=O)n(C)cc(-c4ccnc(OCC5CC5)c4)c3o2)[C@H](C)C1. The second kappa shape index (κ2) is 8.71. The summed E-state index contributed by atoms with van der Waals surface area (Å²) in [6, 6.07) is 6.25. The summed E-state index contributed by atoms with van der Waals surface area (Å²) in [6.07, 6.45) is 6.08. The van der Waals surface area contributed by atoms with Crippen LogP contribution in [0.3, 0.4) is 0 Å². The Bertz CT molecular complexity index is 1160. The van der Waals surface area contributed by atoms with E-state index in [2.05, 4.69) is 28.6 Å². The maximum atomic E-state index is 12.9. The first-order valence-electron chi connectivity index (χ1n) is 11.7. The van der Waals surface area contributed by atoms with Crippen molar-refractivity contribution in [3.63, 3.8) is 0 Å². The summed E-state index contributed by atoms with van der Waals surface area (Å²) in [5, 5.41) is 0.622. The maximum Gasteiger partial charge on any atom is 0.261 e. The molecule has 170 valence electrons. The largest absolute Gasteiger partial charge is 0.477 e. The number of piperazine rings is 1. The van der Waals surface area contributed by atoms with E-state index in [9.17, 15) is 4.79 Å². The Morgan fingerprint density at radius 3 is 2.84 bits per heavy atom. The molecule has 7 heteroatoms. The number of ether oxygens (including phenoxy) is 1. The zero-order chi connectivity index (χ0) is 22.2. The van der Waals surface area contributed by atoms with Crippen LogP contribution in [0.2, 0.25) is 0 Å². The number of fused-ring (bicyclic) bond motifs is 1. The van der Waals surface area contributed by atoms with Gasteiger partial charge in [0.15, 0.2) is 0 Å². The molecule has 0 unspecified atom stereocenters. The first-order valence-corrected chi connectivity index (χ1v) is 11.7. The van der Waals surface area contributed by atoms with Gasteiger partial charge in [0.2, 0.25) is 5.88 Å². The van der Waals surface area contributed by atoms with Gasteiger partial charge in [-0.05, 0) is 49.9 Å². The van der Waals surface area contributed by atoms with Crippen LogP contribution in [0.1, 0.15) is 32.4 Å². The Hall–Kier alpha value is -2.64. The number of nitrogens with zero attached hydrogens (tertiary/aromatic N) is 4. The van der Waals surface area contributed by atoms with Gasteiger partial charge in [-0.25, -0.2) is 4.98 Å². The fourth-order valence-electron chi connectivity index (χ4n) is 4.52. The molecule has 0 radical (unpaired) electrons. The third-order valence-corrected chi connectivity index (χ3v) is 6.77. The summed E-state index contributed by atoms with van der Waals surface area (Å²) in [6.45, 7) is 10.1. The molecular formula is C25H32N4O3. The Labute approximate surface area is 188 Å². The number of rotatable bonds is 7. The van der Waals surface area contributed by atoms with Crippen LogP contribution in [0.5, 0.6) is 5.88 Å². The van der Waals surface area contributed by atoms with Crippen LogP contribution in [0.4, 0.5) is 0 Å². The minimum atomic E-state index is -0.0399. The standard InChI is InChI=1S/C25H32N4O3/c1-4-28-9-10-29(17(2)13-28)14-20-12-21-24(32-20)22(15-27(3)25(21)30)19-7-8-26-23(11-19)31-16-18-5-6-18/h7-8,11-12,15,17-18H,4-6,9-10,13-14,16H2,1-3H3/t17-/m1/s1. The third kappa shape index (κ3) is 4.32. The lowest BCUT2D eigenvalue weighted by Crippen LogP contribution is -2.51. The van der Waals surface area contributed by atoms with Gasteiger partial charge in [0, 0.05) is 56.7 Å². The number of aryl methyl sites for hydroxylation is 1. The van der Waals surface area contributed by atoms with Crippen molar-refractivity contribution in [3.05, 3.63) is 46.7 Å². The van der Waals surface area contributed by atoms with E-state index in [1.165, 1.54) is 12.8 Å². The van der Waals surface area contributed by atoms with Gasteiger partial charge in [-0.2, -0.15) is 0 Å². The maximum absolute atomic E-state index is 12.9. The lowest BCUT2D eigenvalue weighted by Gasteiger charge is -2.39. The normalized spacial score (nSPS) is 20.2. The molecule has 2 aliphatic rings. The van der Waals surface area contributed by atoms with Crippen LogP contribution in [-0.2, 0) is 13.6 Å². The van der Waals surface area contributed by atoms with Gasteiger partial charge >= 0.3 is 0 Å². The Balaban J connectivity index is 1.45. The van der Waals surface area contributed by atoms with Crippen LogP contribution in [0.15, 0.2) is 39.8 Å². The third-order valence-electron chi connectivity index (χ3n) is 6.77. The molecule has 0 aromatic carbocycles. The molecule has 1 atom stereocenters. The number of pyridine rings is 2. The molecule has 2 fully saturated rings. The van der Waals surface area contributed by atoms with Gasteiger partial charge in [0.1, 0.15) is 11.3 Å². The average Bonchev–Trinajstić information content (AvgIpc) is 3.54. The van der Waals surface area contributed by atoms with Gasteiger partial charge in [0.25, 0.3) is 5.56 Å². The molecule has 0 spiro atoms. The van der Waals surface area contributed by atoms with Gasteiger partial charge in [-0.3, -0.25) is 9.69 Å².